The third kappa shape index (κ3) is 5.59. The van der Waals surface area contributed by atoms with E-state index in [4.69, 9.17) is 0 Å². The van der Waals surface area contributed by atoms with Gasteiger partial charge in [-0.1, -0.05) is 26.5 Å². The highest BCUT2D eigenvalue weighted by Gasteiger charge is 1.81. The minimum atomic E-state index is 1.02. The van der Waals surface area contributed by atoms with Gasteiger partial charge in [0.05, 0.1) is 0 Å². The van der Waals surface area contributed by atoms with E-state index >= 15 is 0 Å². The second kappa shape index (κ2) is 7.92. The smallest absolute Gasteiger partial charge is 0.0239 e. The van der Waals surface area contributed by atoms with Crippen molar-refractivity contribution < 1.29 is 0 Å². The van der Waals surface area contributed by atoms with E-state index in [9.17, 15) is 0 Å². The Balaban J connectivity index is 3.45. The van der Waals surface area contributed by atoms with Crippen LogP contribution in [0.25, 0.3) is 0 Å². The van der Waals surface area contributed by atoms with Crippen LogP contribution in [-0.2, 0) is 0 Å². The Kier molecular flexibility index (Phi) is 7.14. The van der Waals surface area contributed by atoms with Crippen molar-refractivity contribution in [2.45, 2.75) is 19.8 Å². The van der Waals surface area contributed by atoms with Crippen molar-refractivity contribution in [3.8, 4) is 0 Å². The van der Waals surface area contributed by atoms with Gasteiger partial charge >= 0.3 is 0 Å². The summed E-state index contributed by atoms with van der Waals surface area (Å²) in [5.41, 5.74) is 0. The molecule has 0 spiro atoms. The fourth-order valence-electron chi connectivity index (χ4n) is 0.697. The van der Waals surface area contributed by atoms with E-state index in [1.54, 1.807) is 17.3 Å². The Labute approximate surface area is 75.3 Å². The van der Waals surface area contributed by atoms with Crippen LogP contribution in [0.2, 0.25) is 0 Å². The SMILES string of the molecule is C=CN(C=C)/C=C\NCCCC. The highest BCUT2D eigenvalue weighted by molar-refractivity contribution is 4.92. The maximum absolute atomic E-state index is 3.62. The summed E-state index contributed by atoms with van der Waals surface area (Å²) < 4.78 is 0. The molecule has 0 aliphatic rings. The number of nitrogens with one attached hydrogen (secondary N) is 1. The molecule has 0 bridgehead atoms. The molecular weight excluding hydrogens is 148 g/mol. The predicted octanol–water partition coefficient (Wildman–Crippen LogP) is 2.44. The summed E-state index contributed by atoms with van der Waals surface area (Å²) in [7, 11) is 0. The Morgan fingerprint density at radius 1 is 1.33 bits per heavy atom. The van der Waals surface area contributed by atoms with Crippen LogP contribution in [0.3, 0.4) is 0 Å². The minimum absolute atomic E-state index is 1.02. The fourth-order valence-corrected chi connectivity index (χ4v) is 0.697. The van der Waals surface area contributed by atoms with Gasteiger partial charge in [0.1, 0.15) is 0 Å². The molecule has 0 atom stereocenters. The summed E-state index contributed by atoms with van der Waals surface area (Å²) in [4.78, 5) is 1.79. The third-order valence-corrected chi connectivity index (χ3v) is 1.46. The molecule has 12 heavy (non-hydrogen) atoms. The van der Waals surface area contributed by atoms with E-state index in [0.29, 0.717) is 0 Å². The van der Waals surface area contributed by atoms with Crippen molar-refractivity contribution in [1.82, 2.24) is 10.2 Å². The van der Waals surface area contributed by atoms with E-state index in [2.05, 4.69) is 25.4 Å². The Hall–Kier alpha value is -1.18. The molecule has 0 amide bonds. The molecule has 68 valence electrons. The lowest BCUT2D eigenvalue weighted by Crippen LogP contribution is -2.08. The number of rotatable bonds is 7. The van der Waals surface area contributed by atoms with Gasteiger partial charge in [-0.3, -0.25) is 0 Å². The first kappa shape index (κ1) is 10.8. The first-order valence-corrected chi connectivity index (χ1v) is 4.27. The average Bonchev–Trinajstić information content (AvgIpc) is 2.11. The highest BCUT2D eigenvalue weighted by atomic mass is 15.1. The van der Waals surface area contributed by atoms with E-state index in [1.807, 2.05) is 12.4 Å². The molecule has 0 aliphatic carbocycles. The van der Waals surface area contributed by atoms with Crippen LogP contribution in [0, 0.1) is 0 Å². The molecule has 0 saturated heterocycles. The third-order valence-electron chi connectivity index (χ3n) is 1.46. The molecule has 0 aromatic heterocycles. The standard InChI is InChI=1S/C10H18N2/c1-4-7-8-11-9-10-12(5-2)6-3/h5-6,9-11H,2-4,7-8H2,1H3/b10-9-. The summed E-state index contributed by atoms with van der Waals surface area (Å²) in [6.45, 7) is 10.4. The van der Waals surface area contributed by atoms with Gasteiger partial charge in [0, 0.05) is 31.3 Å². The van der Waals surface area contributed by atoms with Crippen LogP contribution in [0.15, 0.2) is 38.0 Å². The zero-order valence-corrected chi connectivity index (χ0v) is 7.79. The number of hydrogen-bond donors (Lipinski definition) is 1. The molecule has 0 unspecified atom stereocenters. The molecule has 0 saturated carbocycles. The molecule has 0 heterocycles. The summed E-state index contributed by atoms with van der Waals surface area (Å²) >= 11 is 0. The van der Waals surface area contributed by atoms with Crippen LogP contribution in [0.5, 0.6) is 0 Å². The number of unbranched alkanes of at least 4 members (excludes halogenated alkanes) is 1. The van der Waals surface area contributed by atoms with Gasteiger partial charge < -0.3 is 10.2 Å². The number of nitrogens with zero attached hydrogens (tertiary/aromatic N) is 1. The van der Waals surface area contributed by atoms with Gasteiger partial charge in [0.15, 0.2) is 0 Å². The van der Waals surface area contributed by atoms with Crippen LogP contribution < -0.4 is 5.32 Å². The van der Waals surface area contributed by atoms with Crippen molar-refractivity contribution >= 4 is 0 Å². The summed E-state index contributed by atoms with van der Waals surface area (Å²) in [6, 6.07) is 0. The van der Waals surface area contributed by atoms with Crippen molar-refractivity contribution in [3.05, 3.63) is 38.0 Å². The summed E-state index contributed by atoms with van der Waals surface area (Å²) in [6.07, 6.45) is 9.60. The molecule has 0 aromatic carbocycles. The van der Waals surface area contributed by atoms with Gasteiger partial charge in [-0.2, -0.15) is 0 Å². The molecule has 0 aliphatic heterocycles. The van der Waals surface area contributed by atoms with Gasteiger partial charge in [0.2, 0.25) is 0 Å². The van der Waals surface area contributed by atoms with Crippen molar-refractivity contribution in [2.24, 2.45) is 0 Å². The molecule has 1 N–H and O–H groups in total. The topological polar surface area (TPSA) is 15.3 Å². The van der Waals surface area contributed by atoms with Crippen molar-refractivity contribution in [3.63, 3.8) is 0 Å². The maximum atomic E-state index is 3.62. The number of hydrogen-bond acceptors (Lipinski definition) is 2. The highest BCUT2D eigenvalue weighted by Crippen LogP contribution is 1.88. The fraction of sp³-hybridized carbons (Fsp3) is 0.400. The molecule has 2 nitrogen and oxygen atoms in total. The minimum Gasteiger partial charge on any atom is -0.390 e. The van der Waals surface area contributed by atoms with Gasteiger partial charge in [-0.05, 0) is 6.42 Å². The zero-order valence-electron chi connectivity index (χ0n) is 7.79. The summed E-state index contributed by atoms with van der Waals surface area (Å²) in [5, 5.41) is 3.17. The Morgan fingerprint density at radius 3 is 2.50 bits per heavy atom. The Bertz CT molecular complexity index is 142. The van der Waals surface area contributed by atoms with Crippen LogP contribution >= 0.6 is 0 Å². The van der Waals surface area contributed by atoms with Gasteiger partial charge in [-0.25, -0.2) is 0 Å². The van der Waals surface area contributed by atoms with E-state index < -0.39 is 0 Å². The van der Waals surface area contributed by atoms with Crippen LogP contribution in [0.1, 0.15) is 19.8 Å². The Morgan fingerprint density at radius 2 is 2.00 bits per heavy atom. The lowest BCUT2D eigenvalue weighted by Gasteiger charge is -2.06. The van der Waals surface area contributed by atoms with E-state index in [1.165, 1.54) is 12.8 Å². The molecule has 0 aromatic rings. The maximum Gasteiger partial charge on any atom is 0.0239 e. The second-order valence-corrected chi connectivity index (χ2v) is 2.44. The largest absolute Gasteiger partial charge is 0.390 e. The van der Waals surface area contributed by atoms with Crippen LogP contribution in [-0.4, -0.2) is 11.4 Å². The van der Waals surface area contributed by atoms with Gasteiger partial charge in [0.25, 0.3) is 0 Å². The van der Waals surface area contributed by atoms with Crippen molar-refractivity contribution in [1.29, 1.82) is 0 Å². The first-order valence-electron chi connectivity index (χ1n) is 4.27. The zero-order chi connectivity index (χ0) is 9.23. The van der Waals surface area contributed by atoms with Crippen LogP contribution in [0.4, 0.5) is 0 Å². The molecule has 0 rings (SSSR count). The lowest BCUT2D eigenvalue weighted by atomic mass is 10.3. The van der Waals surface area contributed by atoms with Gasteiger partial charge in [-0.15, -0.1) is 0 Å². The first-order chi connectivity index (χ1) is 5.85. The predicted molar refractivity (Wildman–Crippen MR) is 54.3 cm³/mol. The van der Waals surface area contributed by atoms with Crippen molar-refractivity contribution in [2.75, 3.05) is 6.54 Å². The molecule has 0 radical (unpaired) electrons. The molecule has 2 heteroatoms. The van der Waals surface area contributed by atoms with E-state index in [0.717, 1.165) is 6.54 Å². The average molecular weight is 166 g/mol. The quantitative estimate of drug-likeness (QED) is 0.584. The lowest BCUT2D eigenvalue weighted by molar-refractivity contribution is 0.675. The normalized spacial score (nSPS) is 9.75. The summed E-state index contributed by atoms with van der Waals surface area (Å²) in [5.74, 6) is 0. The monoisotopic (exact) mass is 166 g/mol. The molecular formula is C10H18N2. The molecule has 0 fully saturated rings. The second-order valence-electron chi connectivity index (χ2n) is 2.44. The van der Waals surface area contributed by atoms with E-state index in [-0.39, 0.29) is 0 Å².